The summed E-state index contributed by atoms with van der Waals surface area (Å²) in [4.78, 5) is 0.0982. The zero-order valence-corrected chi connectivity index (χ0v) is 13.8. The molecular formula is C14H17N3O4S2. The molecule has 0 unspecified atom stereocenters. The van der Waals surface area contributed by atoms with Crippen molar-refractivity contribution in [1.29, 1.82) is 0 Å². The van der Waals surface area contributed by atoms with Crippen LogP contribution < -0.4 is 15.6 Å². The van der Waals surface area contributed by atoms with E-state index in [0.717, 1.165) is 11.1 Å². The number of hydrogen-bond donors (Lipinski definition) is 3. The summed E-state index contributed by atoms with van der Waals surface area (Å²) in [6, 6.07) is 12.6. The van der Waals surface area contributed by atoms with Gasteiger partial charge >= 0.3 is 0 Å². The van der Waals surface area contributed by atoms with Gasteiger partial charge in [-0.1, -0.05) is 24.3 Å². The van der Waals surface area contributed by atoms with Crippen molar-refractivity contribution in [3.63, 3.8) is 0 Å². The van der Waals surface area contributed by atoms with Gasteiger partial charge in [0.1, 0.15) is 0 Å². The van der Waals surface area contributed by atoms with Crippen molar-refractivity contribution in [1.82, 2.24) is 5.32 Å². The van der Waals surface area contributed by atoms with Crippen molar-refractivity contribution < 1.29 is 16.8 Å². The molecule has 124 valence electrons. The number of hydrogen-bond acceptors (Lipinski definition) is 5. The summed E-state index contributed by atoms with van der Waals surface area (Å²) in [5.74, 6) is 0. The van der Waals surface area contributed by atoms with Crippen LogP contribution in [0.15, 0.2) is 58.3 Å². The molecular weight excluding hydrogens is 338 g/mol. The minimum atomic E-state index is -3.73. The maximum atomic E-state index is 11.3. The van der Waals surface area contributed by atoms with Crippen LogP contribution in [-0.4, -0.2) is 16.8 Å². The second kappa shape index (κ2) is 6.77. The first-order chi connectivity index (χ1) is 10.7. The minimum Gasteiger partial charge on any atom is -0.309 e. The average molecular weight is 355 g/mol. The lowest BCUT2D eigenvalue weighted by atomic mass is 10.2. The molecule has 0 saturated carbocycles. The fourth-order valence-electron chi connectivity index (χ4n) is 2.02. The zero-order chi connectivity index (χ0) is 17.1. The van der Waals surface area contributed by atoms with Crippen LogP contribution in [0.1, 0.15) is 11.1 Å². The topological polar surface area (TPSA) is 132 Å². The van der Waals surface area contributed by atoms with Gasteiger partial charge in [-0.2, -0.15) is 0 Å². The van der Waals surface area contributed by atoms with Crippen molar-refractivity contribution >= 4 is 20.0 Å². The van der Waals surface area contributed by atoms with Crippen LogP contribution in [0.4, 0.5) is 0 Å². The molecule has 0 atom stereocenters. The van der Waals surface area contributed by atoms with E-state index in [1.54, 1.807) is 24.3 Å². The van der Waals surface area contributed by atoms with Gasteiger partial charge in [0.2, 0.25) is 20.0 Å². The van der Waals surface area contributed by atoms with Crippen LogP contribution in [-0.2, 0) is 33.1 Å². The number of rotatable bonds is 6. The molecule has 2 rings (SSSR count). The van der Waals surface area contributed by atoms with E-state index >= 15 is 0 Å². The van der Waals surface area contributed by atoms with Crippen LogP contribution >= 0.6 is 0 Å². The molecule has 0 bridgehead atoms. The van der Waals surface area contributed by atoms with Crippen molar-refractivity contribution in [2.24, 2.45) is 10.3 Å². The van der Waals surface area contributed by atoms with Gasteiger partial charge in [-0.3, -0.25) is 0 Å². The Morgan fingerprint density at radius 1 is 0.739 bits per heavy atom. The van der Waals surface area contributed by atoms with E-state index in [9.17, 15) is 16.8 Å². The van der Waals surface area contributed by atoms with E-state index in [1.165, 1.54) is 24.3 Å². The standard InChI is InChI=1S/C14H17N3O4S2/c15-22(18,19)13-5-1-3-11(7-13)9-17-10-12-4-2-6-14(8-12)23(16,20)21/h1-8,17H,9-10H2,(H2,15,18,19)(H2,16,20,21). The molecule has 0 saturated heterocycles. The quantitative estimate of drug-likeness (QED) is 0.684. The van der Waals surface area contributed by atoms with Gasteiger partial charge in [0.05, 0.1) is 9.79 Å². The van der Waals surface area contributed by atoms with Gasteiger partial charge in [-0.25, -0.2) is 27.1 Å². The van der Waals surface area contributed by atoms with Crippen molar-refractivity contribution in [2.75, 3.05) is 0 Å². The third kappa shape index (κ3) is 5.12. The molecule has 7 nitrogen and oxygen atoms in total. The molecule has 2 aromatic rings. The molecule has 5 N–H and O–H groups in total. The second-order valence-electron chi connectivity index (χ2n) is 4.99. The number of nitrogens with two attached hydrogens (primary N) is 2. The minimum absolute atomic E-state index is 0.0491. The van der Waals surface area contributed by atoms with Crippen molar-refractivity contribution in [3.8, 4) is 0 Å². The molecule has 0 fully saturated rings. The zero-order valence-electron chi connectivity index (χ0n) is 12.1. The number of nitrogens with one attached hydrogen (secondary N) is 1. The smallest absolute Gasteiger partial charge is 0.238 e. The first-order valence-electron chi connectivity index (χ1n) is 6.60. The summed E-state index contributed by atoms with van der Waals surface area (Å²) in [5.41, 5.74) is 1.50. The Balaban J connectivity index is 2.03. The normalized spacial score (nSPS) is 12.3. The average Bonchev–Trinajstić information content (AvgIpc) is 2.46. The highest BCUT2D eigenvalue weighted by Crippen LogP contribution is 2.11. The number of benzene rings is 2. The Morgan fingerprint density at radius 3 is 1.48 bits per heavy atom. The van der Waals surface area contributed by atoms with E-state index in [0.29, 0.717) is 13.1 Å². The Morgan fingerprint density at radius 2 is 1.13 bits per heavy atom. The lowest BCUT2D eigenvalue weighted by Crippen LogP contribution is -2.16. The maximum absolute atomic E-state index is 11.3. The first-order valence-corrected chi connectivity index (χ1v) is 9.70. The van der Waals surface area contributed by atoms with Gasteiger partial charge in [0.15, 0.2) is 0 Å². The highest BCUT2D eigenvalue weighted by Gasteiger charge is 2.09. The third-order valence-corrected chi connectivity index (χ3v) is 4.93. The van der Waals surface area contributed by atoms with E-state index < -0.39 is 20.0 Å². The van der Waals surface area contributed by atoms with Gasteiger partial charge in [-0.05, 0) is 35.4 Å². The van der Waals surface area contributed by atoms with Crippen molar-refractivity contribution in [2.45, 2.75) is 22.9 Å². The Kier molecular flexibility index (Phi) is 5.17. The van der Waals surface area contributed by atoms with Crippen LogP contribution in [0.25, 0.3) is 0 Å². The molecule has 0 heterocycles. The Bertz CT molecular complexity index is 834. The maximum Gasteiger partial charge on any atom is 0.238 e. The Labute approximate surface area is 135 Å². The summed E-state index contributed by atoms with van der Waals surface area (Å²) in [5, 5.41) is 13.3. The second-order valence-corrected chi connectivity index (χ2v) is 8.11. The third-order valence-electron chi connectivity index (χ3n) is 3.11. The first kappa shape index (κ1) is 17.6. The van der Waals surface area contributed by atoms with E-state index in [-0.39, 0.29) is 9.79 Å². The van der Waals surface area contributed by atoms with Gasteiger partial charge in [0.25, 0.3) is 0 Å². The molecule has 0 radical (unpaired) electrons. The van der Waals surface area contributed by atoms with Crippen LogP contribution in [0.5, 0.6) is 0 Å². The lowest BCUT2D eigenvalue weighted by molar-refractivity contribution is 0.596. The van der Waals surface area contributed by atoms with Crippen LogP contribution in [0.3, 0.4) is 0 Å². The van der Waals surface area contributed by atoms with E-state index in [1.807, 2.05) is 0 Å². The highest BCUT2D eigenvalue weighted by molar-refractivity contribution is 7.89. The molecule has 23 heavy (non-hydrogen) atoms. The summed E-state index contributed by atoms with van der Waals surface area (Å²) in [7, 11) is -7.47. The monoisotopic (exact) mass is 355 g/mol. The van der Waals surface area contributed by atoms with Crippen LogP contribution in [0.2, 0.25) is 0 Å². The van der Waals surface area contributed by atoms with Gasteiger partial charge in [0, 0.05) is 13.1 Å². The fourth-order valence-corrected chi connectivity index (χ4v) is 3.18. The largest absolute Gasteiger partial charge is 0.309 e. The van der Waals surface area contributed by atoms with Crippen molar-refractivity contribution in [3.05, 3.63) is 59.7 Å². The summed E-state index contributed by atoms with van der Waals surface area (Å²) < 4.78 is 45.2. The lowest BCUT2D eigenvalue weighted by Gasteiger charge is -2.07. The Hall–Kier alpha value is -1.78. The number of primary sulfonamides is 2. The highest BCUT2D eigenvalue weighted by atomic mass is 32.2. The predicted octanol–water partition coefficient (Wildman–Crippen LogP) is 0.271. The fraction of sp³-hybridized carbons (Fsp3) is 0.143. The summed E-state index contributed by atoms with van der Waals surface area (Å²) in [6.45, 7) is 0.811. The predicted molar refractivity (Wildman–Crippen MR) is 86.2 cm³/mol. The molecule has 0 spiro atoms. The molecule has 9 heteroatoms. The summed E-state index contributed by atoms with van der Waals surface area (Å²) in [6.07, 6.45) is 0. The molecule has 0 amide bonds. The van der Waals surface area contributed by atoms with Crippen LogP contribution in [0, 0.1) is 0 Å². The van der Waals surface area contributed by atoms with E-state index in [4.69, 9.17) is 10.3 Å². The molecule has 0 aliphatic carbocycles. The molecule has 2 aromatic carbocycles. The SMILES string of the molecule is NS(=O)(=O)c1cccc(CNCc2cccc(S(N)(=O)=O)c2)c1. The van der Waals surface area contributed by atoms with Gasteiger partial charge in [-0.15, -0.1) is 0 Å². The number of sulfonamides is 2. The summed E-state index contributed by atoms with van der Waals surface area (Å²) >= 11 is 0. The molecule has 0 aliphatic heterocycles. The van der Waals surface area contributed by atoms with Gasteiger partial charge < -0.3 is 5.32 Å². The molecule has 0 aromatic heterocycles. The molecule has 0 aliphatic rings. The van der Waals surface area contributed by atoms with E-state index in [2.05, 4.69) is 5.32 Å².